The summed E-state index contributed by atoms with van der Waals surface area (Å²) in [6.45, 7) is 4.42. The Morgan fingerprint density at radius 1 is 1.20 bits per heavy atom. The van der Waals surface area contributed by atoms with Crippen LogP contribution in [0, 0.1) is 11.6 Å². The van der Waals surface area contributed by atoms with Gasteiger partial charge in [0.25, 0.3) is 0 Å². The van der Waals surface area contributed by atoms with Crippen LogP contribution in [0.1, 0.15) is 42.6 Å². The molecule has 0 radical (unpaired) electrons. The standard InChI is InChI=1S/C15H19F2N3/c1-9(2)14-7-15(20(3)19-14)11(8-18)10-4-5-12(16)13(17)6-10/h4-7,9,11H,8,18H2,1-3H3. The van der Waals surface area contributed by atoms with Crippen molar-refractivity contribution in [2.75, 3.05) is 6.54 Å². The summed E-state index contributed by atoms with van der Waals surface area (Å²) in [7, 11) is 1.84. The van der Waals surface area contributed by atoms with Crippen molar-refractivity contribution < 1.29 is 8.78 Å². The van der Waals surface area contributed by atoms with E-state index < -0.39 is 11.6 Å². The lowest BCUT2D eigenvalue weighted by molar-refractivity contribution is 0.505. The number of benzene rings is 1. The van der Waals surface area contributed by atoms with Crippen LogP contribution in [-0.2, 0) is 7.05 Å². The van der Waals surface area contributed by atoms with Crippen LogP contribution in [0.25, 0.3) is 0 Å². The maximum absolute atomic E-state index is 13.4. The van der Waals surface area contributed by atoms with Crippen molar-refractivity contribution in [2.45, 2.75) is 25.7 Å². The molecule has 108 valence electrons. The first-order valence-corrected chi connectivity index (χ1v) is 6.62. The highest BCUT2D eigenvalue weighted by molar-refractivity contribution is 5.31. The second-order valence-corrected chi connectivity index (χ2v) is 5.23. The third-order valence-corrected chi connectivity index (χ3v) is 3.47. The van der Waals surface area contributed by atoms with Crippen LogP contribution in [0.4, 0.5) is 8.78 Å². The first kappa shape index (κ1) is 14.7. The van der Waals surface area contributed by atoms with Crippen molar-refractivity contribution in [1.82, 2.24) is 9.78 Å². The van der Waals surface area contributed by atoms with Crippen molar-refractivity contribution >= 4 is 0 Å². The van der Waals surface area contributed by atoms with Gasteiger partial charge in [-0.05, 0) is 29.7 Å². The first-order chi connectivity index (χ1) is 9.43. The van der Waals surface area contributed by atoms with Crippen LogP contribution < -0.4 is 5.73 Å². The zero-order valence-electron chi connectivity index (χ0n) is 11.9. The highest BCUT2D eigenvalue weighted by Gasteiger charge is 2.20. The van der Waals surface area contributed by atoms with Gasteiger partial charge in [-0.2, -0.15) is 5.10 Å². The molecule has 0 bridgehead atoms. The zero-order valence-corrected chi connectivity index (χ0v) is 11.9. The van der Waals surface area contributed by atoms with Gasteiger partial charge in [0.2, 0.25) is 0 Å². The molecule has 0 saturated carbocycles. The molecule has 0 saturated heterocycles. The summed E-state index contributed by atoms with van der Waals surface area (Å²) in [5, 5.41) is 4.44. The lowest BCUT2D eigenvalue weighted by Gasteiger charge is -2.15. The first-order valence-electron chi connectivity index (χ1n) is 6.62. The van der Waals surface area contributed by atoms with Gasteiger partial charge in [-0.3, -0.25) is 4.68 Å². The molecule has 2 N–H and O–H groups in total. The number of nitrogens with zero attached hydrogens (tertiary/aromatic N) is 2. The van der Waals surface area contributed by atoms with Gasteiger partial charge in [0.15, 0.2) is 11.6 Å². The largest absolute Gasteiger partial charge is 0.329 e. The molecule has 2 aromatic rings. The van der Waals surface area contributed by atoms with Gasteiger partial charge in [-0.15, -0.1) is 0 Å². The quantitative estimate of drug-likeness (QED) is 0.935. The Bertz CT molecular complexity index is 605. The van der Waals surface area contributed by atoms with Crippen molar-refractivity contribution in [3.05, 3.63) is 52.9 Å². The molecule has 0 aliphatic carbocycles. The minimum atomic E-state index is -0.854. The van der Waals surface area contributed by atoms with Crippen LogP contribution in [0.5, 0.6) is 0 Å². The van der Waals surface area contributed by atoms with Gasteiger partial charge in [-0.1, -0.05) is 19.9 Å². The van der Waals surface area contributed by atoms with E-state index in [1.807, 2.05) is 13.1 Å². The fourth-order valence-electron chi connectivity index (χ4n) is 2.27. The van der Waals surface area contributed by atoms with Crippen molar-refractivity contribution in [3.8, 4) is 0 Å². The maximum Gasteiger partial charge on any atom is 0.159 e. The fraction of sp³-hybridized carbons (Fsp3) is 0.400. The minimum absolute atomic E-state index is 0.199. The second kappa shape index (κ2) is 5.71. The Kier molecular flexibility index (Phi) is 4.18. The van der Waals surface area contributed by atoms with E-state index in [1.54, 1.807) is 10.7 Å². The fourth-order valence-corrected chi connectivity index (χ4v) is 2.27. The molecular formula is C15H19F2N3. The number of halogens is 2. The predicted octanol–water partition coefficient (Wildman–Crippen LogP) is 2.91. The Hall–Kier alpha value is -1.75. The summed E-state index contributed by atoms with van der Waals surface area (Å²) in [5.41, 5.74) is 8.35. The maximum atomic E-state index is 13.4. The lowest BCUT2D eigenvalue weighted by Crippen LogP contribution is -2.17. The Balaban J connectivity index is 2.43. The molecule has 1 unspecified atom stereocenters. The van der Waals surface area contributed by atoms with Crippen molar-refractivity contribution in [1.29, 1.82) is 0 Å². The molecule has 1 atom stereocenters. The zero-order chi connectivity index (χ0) is 14.9. The summed E-state index contributed by atoms with van der Waals surface area (Å²) in [4.78, 5) is 0. The Labute approximate surface area is 117 Å². The van der Waals surface area contributed by atoms with E-state index in [1.165, 1.54) is 6.07 Å². The molecule has 0 aliphatic rings. The number of aromatic nitrogens is 2. The van der Waals surface area contributed by atoms with Crippen LogP contribution in [0.2, 0.25) is 0 Å². The predicted molar refractivity (Wildman–Crippen MR) is 74.6 cm³/mol. The van der Waals surface area contributed by atoms with Gasteiger partial charge in [0, 0.05) is 25.2 Å². The molecule has 2 rings (SSSR count). The normalized spacial score (nSPS) is 12.9. The van der Waals surface area contributed by atoms with E-state index >= 15 is 0 Å². The van der Waals surface area contributed by atoms with Gasteiger partial charge in [0.1, 0.15) is 0 Å². The number of rotatable bonds is 4. The van der Waals surface area contributed by atoms with Crippen LogP contribution in [0.3, 0.4) is 0 Å². The number of aryl methyl sites for hydroxylation is 1. The van der Waals surface area contributed by atoms with E-state index in [0.29, 0.717) is 18.0 Å². The SMILES string of the molecule is CC(C)c1cc(C(CN)c2ccc(F)c(F)c2)n(C)n1. The van der Waals surface area contributed by atoms with Gasteiger partial charge < -0.3 is 5.73 Å². The van der Waals surface area contributed by atoms with Crippen molar-refractivity contribution in [2.24, 2.45) is 12.8 Å². The van der Waals surface area contributed by atoms with E-state index in [4.69, 9.17) is 5.73 Å². The van der Waals surface area contributed by atoms with Crippen LogP contribution in [-0.4, -0.2) is 16.3 Å². The van der Waals surface area contributed by atoms with E-state index in [2.05, 4.69) is 18.9 Å². The smallest absolute Gasteiger partial charge is 0.159 e. The van der Waals surface area contributed by atoms with Gasteiger partial charge in [0.05, 0.1) is 5.69 Å². The number of hydrogen-bond donors (Lipinski definition) is 1. The summed E-state index contributed by atoms with van der Waals surface area (Å²) in [6, 6.07) is 5.88. The second-order valence-electron chi connectivity index (χ2n) is 5.23. The molecule has 0 amide bonds. The highest BCUT2D eigenvalue weighted by atomic mass is 19.2. The molecule has 1 aromatic carbocycles. The van der Waals surface area contributed by atoms with Gasteiger partial charge >= 0.3 is 0 Å². The van der Waals surface area contributed by atoms with E-state index in [9.17, 15) is 8.78 Å². The number of nitrogens with two attached hydrogens (primary N) is 1. The highest BCUT2D eigenvalue weighted by Crippen LogP contribution is 2.27. The summed E-state index contributed by atoms with van der Waals surface area (Å²) in [5.74, 6) is -1.60. The Morgan fingerprint density at radius 2 is 1.90 bits per heavy atom. The molecule has 5 heteroatoms. The third-order valence-electron chi connectivity index (χ3n) is 3.47. The average molecular weight is 279 g/mol. The summed E-state index contributed by atoms with van der Waals surface area (Å²) in [6.07, 6.45) is 0. The molecule has 1 aromatic heterocycles. The minimum Gasteiger partial charge on any atom is -0.329 e. The molecule has 0 spiro atoms. The molecule has 3 nitrogen and oxygen atoms in total. The van der Waals surface area contributed by atoms with Crippen LogP contribution >= 0.6 is 0 Å². The van der Waals surface area contributed by atoms with Gasteiger partial charge in [-0.25, -0.2) is 8.78 Å². The summed E-state index contributed by atoms with van der Waals surface area (Å²) < 4.78 is 28.2. The average Bonchev–Trinajstić information content (AvgIpc) is 2.77. The topological polar surface area (TPSA) is 43.8 Å². The number of hydrogen-bond acceptors (Lipinski definition) is 2. The van der Waals surface area contributed by atoms with E-state index in [-0.39, 0.29) is 5.92 Å². The molecular weight excluding hydrogens is 260 g/mol. The molecule has 1 heterocycles. The lowest BCUT2D eigenvalue weighted by atomic mass is 9.94. The molecule has 20 heavy (non-hydrogen) atoms. The molecule has 0 fully saturated rings. The monoisotopic (exact) mass is 279 g/mol. The van der Waals surface area contributed by atoms with Crippen molar-refractivity contribution in [3.63, 3.8) is 0 Å². The Morgan fingerprint density at radius 3 is 2.40 bits per heavy atom. The van der Waals surface area contributed by atoms with E-state index in [0.717, 1.165) is 17.5 Å². The third kappa shape index (κ3) is 2.72. The summed E-state index contributed by atoms with van der Waals surface area (Å²) >= 11 is 0. The van der Waals surface area contributed by atoms with Crippen LogP contribution in [0.15, 0.2) is 24.3 Å². The molecule has 0 aliphatic heterocycles.